The van der Waals surface area contributed by atoms with Crippen molar-refractivity contribution >= 4 is 0 Å². The van der Waals surface area contributed by atoms with Crippen LogP contribution in [0.15, 0.2) is 24.3 Å². The lowest BCUT2D eigenvalue weighted by atomic mass is 9.78. The van der Waals surface area contributed by atoms with Crippen molar-refractivity contribution in [3.8, 4) is 0 Å². The smallest absolute Gasteiger partial charge is 0.174 e. The molecule has 0 amide bonds. The van der Waals surface area contributed by atoms with Crippen molar-refractivity contribution in [3.63, 3.8) is 0 Å². The zero-order chi connectivity index (χ0) is 15.1. The van der Waals surface area contributed by atoms with Gasteiger partial charge in [0.25, 0.3) is 6.08 Å². The summed E-state index contributed by atoms with van der Waals surface area (Å²) in [6, 6.07) is 0. The van der Waals surface area contributed by atoms with Crippen LogP contribution in [0.1, 0.15) is 71.1 Å². The fourth-order valence-corrected chi connectivity index (χ4v) is 4.07. The van der Waals surface area contributed by atoms with Crippen molar-refractivity contribution in [3.05, 3.63) is 24.3 Å². The van der Waals surface area contributed by atoms with Gasteiger partial charge in [-0.3, -0.25) is 0 Å². The van der Waals surface area contributed by atoms with Crippen LogP contribution in [0.3, 0.4) is 0 Å². The van der Waals surface area contributed by atoms with E-state index in [1.165, 1.54) is 38.5 Å². The first-order chi connectivity index (χ1) is 10.2. The second-order valence-corrected chi connectivity index (χ2v) is 7.09. The maximum atomic E-state index is 12.2. The number of allylic oxidation sites excluding steroid dienone is 3. The van der Waals surface area contributed by atoms with Crippen LogP contribution in [0.4, 0.5) is 8.78 Å². The molecule has 0 heterocycles. The van der Waals surface area contributed by atoms with Gasteiger partial charge in [-0.05, 0) is 81.1 Å². The second kappa shape index (κ2) is 8.70. The van der Waals surface area contributed by atoms with E-state index in [1.54, 1.807) is 0 Å². The third-order valence-electron chi connectivity index (χ3n) is 5.42. The van der Waals surface area contributed by atoms with Gasteiger partial charge in [0.15, 0.2) is 0 Å². The Kier molecular flexibility index (Phi) is 6.92. The highest BCUT2D eigenvalue weighted by Crippen LogP contribution is 2.34. The standard InChI is InChI=1S/C19H30F2/c1-2-3-15-4-6-16(7-5-15)8-9-17-10-12-18(13-11-17)14-19(20)21/h8-9,14-18H,2-7,10-13H2,1H3/b9-8+. The molecule has 0 spiro atoms. The van der Waals surface area contributed by atoms with Gasteiger partial charge >= 0.3 is 0 Å². The third kappa shape index (κ3) is 5.92. The molecule has 0 saturated heterocycles. The summed E-state index contributed by atoms with van der Waals surface area (Å²) in [6.45, 7) is 2.28. The van der Waals surface area contributed by atoms with E-state index in [0.29, 0.717) is 5.92 Å². The van der Waals surface area contributed by atoms with Gasteiger partial charge < -0.3 is 0 Å². The fraction of sp³-hybridized carbons (Fsp3) is 0.789. The number of hydrogen-bond acceptors (Lipinski definition) is 0. The van der Waals surface area contributed by atoms with E-state index in [0.717, 1.165) is 43.6 Å². The van der Waals surface area contributed by atoms with E-state index in [-0.39, 0.29) is 5.92 Å². The van der Waals surface area contributed by atoms with Crippen molar-refractivity contribution in [1.29, 1.82) is 0 Å². The Morgan fingerprint density at radius 3 is 1.76 bits per heavy atom. The van der Waals surface area contributed by atoms with Crippen LogP contribution >= 0.6 is 0 Å². The lowest BCUT2D eigenvalue weighted by Crippen LogP contribution is -2.14. The predicted octanol–water partition coefficient (Wildman–Crippen LogP) is 6.74. The van der Waals surface area contributed by atoms with Crippen LogP contribution in [0, 0.1) is 23.7 Å². The van der Waals surface area contributed by atoms with Crippen LogP contribution < -0.4 is 0 Å². The van der Waals surface area contributed by atoms with Gasteiger partial charge in [-0.2, -0.15) is 8.78 Å². The van der Waals surface area contributed by atoms with Crippen LogP contribution in [-0.4, -0.2) is 0 Å². The monoisotopic (exact) mass is 296 g/mol. The third-order valence-corrected chi connectivity index (χ3v) is 5.42. The molecule has 2 fully saturated rings. The van der Waals surface area contributed by atoms with Gasteiger partial charge in [-0.25, -0.2) is 0 Å². The number of halogens is 2. The van der Waals surface area contributed by atoms with Crippen molar-refractivity contribution in [1.82, 2.24) is 0 Å². The molecular weight excluding hydrogens is 266 g/mol. The average molecular weight is 296 g/mol. The molecule has 0 aromatic heterocycles. The summed E-state index contributed by atoms with van der Waals surface area (Å²) < 4.78 is 24.5. The first-order valence-corrected chi connectivity index (χ1v) is 8.88. The molecule has 0 aliphatic heterocycles. The second-order valence-electron chi connectivity index (χ2n) is 7.09. The van der Waals surface area contributed by atoms with Gasteiger partial charge in [0.1, 0.15) is 0 Å². The van der Waals surface area contributed by atoms with Crippen LogP contribution in [-0.2, 0) is 0 Å². The number of rotatable bonds is 5. The maximum absolute atomic E-state index is 12.2. The Morgan fingerprint density at radius 2 is 1.29 bits per heavy atom. The topological polar surface area (TPSA) is 0 Å². The van der Waals surface area contributed by atoms with Crippen molar-refractivity contribution in [2.45, 2.75) is 71.1 Å². The lowest BCUT2D eigenvalue weighted by molar-refractivity contribution is 0.292. The minimum atomic E-state index is -1.50. The first-order valence-electron chi connectivity index (χ1n) is 8.88. The molecule has 2 aliphatic carbocycles. The van der Waals surface area contributed by atoms with Crippen LogP contribution in [0.25, 0.3) is 0 Å². The van der Waals surface area contributed by atoms with Gasteiger partial charge in [-0.15, -0.1) is 0 Å². The van der Waals surface area contributed by atoms with Gasteiger partial charge in [-0.1, -0.05) is 31.9 Å². The average Bonchev–Trinajstić information content (AvgIpc) is 2.48. The molecule has 21 heavy (non-hydrogen) atoms. The molecule has 0 N–H and O–H groups in total. The summed E-state index contributed by atoms with van der Waals surface area (Å²) in [6.07, 6.45) is 16.7. The van der Waals surface area contributed by atoms with Crippen molar-refractivity contribution in [2.75, 3.05) is 0 Å². The van der Waals surface area contributed by atoms with E-state index >= 15 is 0 Å². The molecular formula is C19H30F2. The predicted molar refractivity (Wildman–Crippen MR) is 85.2 cm³/mol. The molecule has 2 aliphatic rings. The Bertz CT molecular complexity index is 339. The molecule has 2 heteroatoms. The number of hydrogen-bond donors (Lipinski definition) is 0. The van der Waals surface area contributed by atoms with Crippen LogP contribution in [0.2, 0.25) is 0 Å². The molecule has 0 atom stereocenters. The maximum Gasteiger partial charge on any atom is 0.266 e. The van der Waals surface area contributed by atoms with Crippen LogP contribution in [0.5, 0.6) is 0 Å². The Labute approximate surface area is 128 Å². The van der Waals surface area contributed by atoms with E-state index < -0.39 is 6.08 Å². The Hall–Kier alpha value is -0.660. The zero-order valence-electron chi connectivity index (χ0n) is 13.4. The zero-order valence-corrected chi connectivity index (χ0v) is 13.4. The van der Waals surface area contributed by atoms with Gasteiger partial charge in [0.05, 0.1) is 0 Å². The Balaban J connectivity index is 1.68. The van der Waals surface area contributed by atoms with Gasteiger partial charge in [0, 0.05) is 0 Å². The van der Waals surface area contributed by atoms with E-state index in [2.05, 4.69) is 19.1 Å². The fourth-order valence-electron chi connectivity index (χ4n) is 4.07. The molecule has 2 rings (SSSR count). The molecule has 0 aromatic carbocycles. The minimum Gasteiger partial charge on any atom is -0.174 e. The summed E-state index contributed by atoms with van der Waals surface area (Å²) in [5.41, 5.74) is 0. The molecule has 0 aromatic rings. The van der Waals surface area contributed by atoms with E-state index in [9.17, 15) is 8.78 Å². The molecule has 0 bridgehead atoms. The molecule has 0 radical (unpaired) electrons. The first kappa shape index (κ1) is 16.7. The quantitative estimate of drug-likeness (QED) is 0.493. The molecule has 0 nitrogen and oxygen atoms in total. The lowest BCUT2D eigenvalue weighted by Gasteiger charge is -2.28. The highest BCUT2D eigenvalue weighted by atomic mass is 19.3. The largest absolute Gasteiger partial charge is 0.266 e. The molecule has 120 valence electrons. The van der Waals surface area contributed by atoms with Crippen molar-refractivity contribution in [2.24, 2.45) is 23.7 Å². The summed E-state index contributed by atoms with van der Waals surface area (Å²) in [5, 5.41) is 0. The van der Waals surface area contributed by atoms with E-state index in [1.807, 2.05) is 0 Å². The summed E-state index contributed by atoms with van der Waals surface area (Å²) in [4.78, 5) is 0. The normalized spacial score (nSPS) is 34.0. The SMILES string of the molecule is CCCC1CCC(/C=C/C2CCC(C=C(F)F)CC2)CC1. The van der Waals surface area contributed by atoms with Crippen molar-refractivity contribution < 1.29 is 8.78 Å². The minimum absolute atomic E-state index is 0.115. The van der Waals surface area contributed by atoms with Gasteiger partial charge in [0.2, 0.25) is 0 Å². The molecule has 0 unspecified atom stereocenters. The highest BCUT2D eigenvalue weighted by Gasteiger charge is 2.21. The Morgan fingerprint density at radius 1 is 0.810 bits per heavy atom. The summed E-state index contributed by atoms with van der Waals surface area (Å²) in [7, 11) is 0. The summed E-state index contributed by atoms with van der Waals surface area (Å²) >= 11 is 0. The summed E-state index contributed by atoms with van der Waals surface area (Å²) in [5.74, 6) is 2.49. The molecule has 2 saturated carbocycles. The van der Waals surface area contributed by atoms with E-state index in [4.69, 9.17) is 0 Å². The highest BCUT2D eigenvalue weighted by molar-refractivity contribution is 4.98.